The average molecular weight is 379 g/mol. The molecule has 2 saturated heterocycles. The van der Waals surface area contributed by atoms with E-state index in [1.807, 2.05) is 7.05 Å². The Kier molecular flexibility index (Phi) is 5.34. The highest BCUT2D eigenvalue weighted by Gasteiger charge is 2.40. The maximum atomic E-state index is 5.50. The normalized spacial score (nSPS) is 27.0. The van der Waals surface area contributed by atoms with E-state index in [1.54, 1.807) is 0 Å². The number of hydrogen-bond donors (Lipinski definition) is 1. The van der Waals surface area contributed by atoms with Crippen molar-refractivity contribution >= 4 is 29.9 Å². The van der Waals surface area contributed by atoms with E-state index in [0.717, 1.165) is 25.7 Å². The van der Waals surface area contributed by atoms with Gasteiger partial charge in [0.1, 0.15) is 0 Å². The minimum Gasteiger partial charge on any atom is -0.381 e. The van der Waals surface area contributed by atoms with Crippen LogP contribution in [0.4, 0.5) is 0 Å². The highest BCUT2D eigenvalue weighted by molar-refractivity contribution is 14.0. The Bertz CT molecular complexity index is 325. The summed E-state index contributed by atoms with van der Waals surface area (Å²) in [5.41, 5.74) is 0.509. The standard InChI is InChI=1S/C14H25N3O.HI/c1-15-13(16-12-3-2-4-12)17-8-5-14(11-17)6-9-18-10-7-14;/h12H,2-11H2,1H3,(H,15,16);1H. The summed E-state index contributed by atoms with van der Waals surface area (Å²) in [4.78, 5) is 6.93. The number of guanidine groups is 1. The molecule has 0 radical (unpaired) electrons. The van der Waals surface area contributed by atoms with Gasteiger partial charge in [0, 0.05) is 39.4 Å². The van der Waals surface area contributed by atoms with Gasteiger partial charge in [-0.2, -0.15) is 0 Å². The minimum atomic E-state index is 0. The highest BCUT2D eigenvalue weighted by Crippen LogP contribution is 2.39. The second-order valence-corrected chi connectivity index (χ2v) is 6.10. The van der Waals surface area contributed by atoms with Crippen LogP contribution < -0.4 is 5.32 Å². The van der Waals surface area contributed by atoms with Crippen LogP contribution in [0.1, 0.15) is 38.5 Å². The molecule has 0 atom stereocenters. The molecule has 1 saturated carbocycles. The van der Waals surface area contributed by atoms with Crippen molar-refractivity contribution < 1.29 is 4.74 Å². The van der Waals surface area contributed by atoms with Gasteiger partial charge in [-0.1, -0.05) is 0 Å². The van der Waals surface area contributed by atoms with Gasteiger partial charge in [0.05, 0.1) is 0 Å². The summed E-state index contributed by atoms with van der Waals surface area (Å²) < 4.78 is 5.50. The Hall–Kier alpha value is -0.0400. The first-order valence-corrected chi connectivity index (χ1v) is 7.37. The van der Waals surface area contributed by atoms with E-state index in [9.17, 15) is 0 Å². The van der Waals surface area contributed by atoms with Gasteiger partial charge in [-0.15, -0.1) is 24.0 Å². The Morgan fingerprint density at radius 1 is 1.26 bits per heavy atom. The Morgan fingerprint density at radius 3 is 2.58 bits per heavy atom. The number of hydrogen-bond acceptors (Lipinski definition) is 2. The number of nitrogens with one attached hydrogen (secondary N) is 1. The zero-order valence-electron chi connectivity index (χ0n) is 11.9. The predicted octanol–water partition coefficient (Wildman–Crippen LogP) is 2.23. The summed E-state index contributed by atoms with van der Waals surface area (Å²) in [6, 6.07) is 0.676. The fraction of sp³-hybridized carbons (Fsp3) is 0.929. The topological polar surface area (TPSA) is 36.9 Å². The van der Waals surface area contributed by atoms with Gasteiger partial charge in [-0.25, -0.2) is 0 Å². The van der Waals surface area contributed by atoms with Crippen LogP contribution in [-0.2, 0) is 4.74 Å². The van der Waals surface area contributed by atoms with Crippen molar-refractivity contribution in [2.24, 2.45) is 10.4 Å². The van der Waals surface area contributed by atoms with E-state index < -0.39 is 0 Å². The van der Waals surface area contributed by atoms with Crippen molar-refractivity contribution in [1.29, 1.82) is 0 Å². The van der Waals surface area contributed by atoms with Crippen molar-refractivity contribution in [3.63, 3.8) is 0 Å². The molecule has 110 valence electrons. The molecule has 1 spiro atoms. The van der Waals surface area contributed by atoms with E-state index in [4.69, 9.17) is 4.74 Å². The van der Waals surface area contributed by atoms with Crippen molar-refractivity contribution in [2.45, 2.75) is 44.6 Å². The van der Waals surface area contributed by atoms with Crippen molar-refractivity contribution in [2.75, 3.05) is 33.4 Å². The first kappa shape index (κ1) is 15.4. The van der Waals surface area contributed by atoms with E-state index in [1.165, 1.54) is 45.1 Å². The van der Waals surface area contributed by atoms with E-state index in [2.05, 4.69) is 15.2 Å². The highest BCUT2D eigenvalue weighted by atomic mass is 127. The molecule has 1 aliphatic carbocycles. The smallest absolute Gasteiger partial charge is 0.193 e. The van der Waals surface area contributed by atoms with Gasteiger partial charge < -0.3 is 15.0 Å². The van der Waals surface area contributed by atoms with Crippen LogP contribution in [0.25, 0.3) is 0 Å². The Morgan fingerprint density at radius 2 is 2.00 bits per heavy atom. The average Bonchev–Trinajstić information content (AvgIpc) is 2.73. The van der Waals surface area contributed by atoms with Gasteiger partial charge in [0.15, 0.2) is 5.96 Å². The molecule has 3 rings (SSSR count). The zero-order chi connectivity index (χ0) is 12.4. The van der Waals surface area contributed by atoms with E-state index in [0.29, 0.717) is 11.5 Å². The lowest BCUT2D eigenvalue weighted by Crippen LogP contribution is -2.48. The van der Waals surface area contributed by atoms with Gasteiger partial charge in [-0.05, 0) is 43.9 Å². The van der Waals surface area contributed by atoms with Crippen LogP contribution in [0.3, 0.4) is 0 Å². The van der Waals surface area contributed by atoms with Crippen molar-refractivity contribution in [1.82, 2.24) is 10.2 Å². The Balaban J connectivity index is 0.00000133. The number of aliphatic imine (C=N–C) groups is 1. The van der Waals surface area contributed by atoms with E-state index >= 15 is 0 Å². The summed E-state index contributed by atoms with van der Waals surface area (Å²) in [5.74, 6) is 1.13. The molecular formula is C14H26IN3O. The third kappa shape index (κ3) is 3.35. The first-order valence-electron chi connectivity index (χ1n) is 7.37. The molecule has 0 amide bonds. The van der Waals surface area contributed by atoms with Gasteiger partial charge in [0.25, 0.3) is 0 Å². The number of ether oxygens (including phenoxy) is 1. The van der Waals surface area contributed by atoms with E-state index in [-0.39, 0.29) is 24.0 Å². The van der Waals surface area contributed by atoms with Gasteiger partial charge in [0.2, 0.25) is 0 Å². The molecule has 5 heteroatoms. The molecule has 4 nitrogen and oxygen atoms in total. The molecule has 3 fully saturated rings. The van der Waals surface area contributed by atoms with Crippen LogP contribution >= 0.6 is 24.0 Å². The first-order chi connectivity index (χ1) is 8.81. The van der Waals surface area contributed by atoms with Crippen LogP contribution in [-0.4, -0.2) is 50.3 Å². The SMILES string of the molecule is CN=C(NC1CCC1)N1CCC2(CCOCC2)C1.I. The molecule has 2 heterocycles. The maximum Gasteiger partial charge on any atom is 0.193 e. The summed E-state index contributed by atoms with van der Waals surface area (Å²) in [6.45, 7) is 4.22. The third-order valence-corrected chi connectivity index (χ3v) is 4.94. The lowest BCUT2D eigenvalue weighted by Gasteiger charge is -2.35. The Labute approximate surface area is 133 Å². The van der Waals surface area contributed by atoms with Crippen LogP contribution in [0.2, 0.25) is 0 Å². The molecule has 0 aromatic carbocycles. The van der Waals surface area contributed by atoms with Crippen molar-refractivity contribution in [3.05, 3.63) is 0 Å². The minimum absolute atomic E-state index is 0. The molecule has 0 aromatic rings. The van der Waals surface area contributed by atoms with Crippen LogP contribution in [0.15, 0.2) is 4.99 Å². The molecule has 1 N–H and O–H groups in total. The largest absolute Gasteiger partial charge is 0.381 e. The van der Waals surface area contributed by atoms with Crippen LogP contribution in [0.5, 0.6) is 0 Å². The molecule has 19 heavy (non-hydrogen) atoms. The molecule has 2 aliphatic heterocycles. The van der Waals surface area contributed by atoms with Gasteiger partial charge >= 0.3 is 0 Å². The number of rotatable bonds is 1. The molecular weight excluding hydrogens is 353 g/mol. The summed E-state index contributed by atoms with van der Waals surface area (Å²) >= 11 is 0. The number of halogens is 1. The van der Waals surface area contributed by atoms with Gasteiger partial charge in [-0.3, -0.25) is 4.99 Å². The third-order valence-electron chi connectivity index (χ3n) is 4.94. The fourth-order valence-electron chi connectivity index (χ4n) is 3.36. The zero-order valence-corrected chi connectivity index (χ0v) is 14.2. The lowest BCUT2D eigenvalue weighted by molar-refractivity contribution is 0.0217. The monoisotopic (exact) mass is 379 g/mol. The van der Waals surface area contributed by atoms with Crippen LogP contribution in [0, 0.1) is 5.41 Å². The molecule has 0 aromatic heterocycles. The molecule has 0 unspecified atom stereocenters. The fourth-order valence-corrected chi connectivity index (χ4v) is 3.36. The summed E-state index contributed by atoms with van der Waals surface area (Å²) in [7, 11) is 1.91. The maximum absolute atomic E-state index is 5.50. The summed E-state index contributed by atoms with van der Waals surface area (Å²) in [6.07, 6.45) is 7.75. The second kappa shape index (κ2) is 6.61. The second-order valence-electron chi connectivity index (χ2n) is 6.10. The predicted molar refractivity (Wildman–Crippen MR) is 88.2 cm³/mol. The lowest BCUT2D eigenvalue weighted by atomic mass is 9.80. The molecule has 0 bridgehead atoms. The molecule has 3 aliphatic rings. The van der Waals surface area contributed by atoms with Crippen molar-refractivity contribution in [3.8, 4) is 0 Å². The number of likely N-dealkylation sites (tertiary alicyclic amines) is 1. The summed E-state index contributed by atoms with van der Waals surface area (Å²) in [5, 5.41) is 3.61. The quantitative estimate of drug-likeness (QED) is 0.431. The number of nitrogens with zero attached hydrogens (tertiary/aromatic N) is 2.